The Morgan fingerprint density at radius 3 is 1.78 bits per heavy atom. The highest BCUT2D eigenvalue weighted by atomic mass is 35.5. The standard InChI is InChI=1S/C17H14ClN3O2.C12H12N2OS.C7H8ClNO/c1-23-15-8-7-12(9-13(15)18)19-17-20-14(10-16(22)21-17)11-5-3-2-4-6-11;1-2-16-12-13-10(8-11(15)14-12)9-6-4-3-5-7-9;1-10-7-3-2-5(9)4-6(7)8/h2-10H,1H3,(H2,19,20,21,22);3-8H,2H2,1H3,(H,13,14,15);2-4H,9H2,1H3. The van der Waals surface area contributed by atoms with E-state index in [-0.39, 0.29) is 11.1 Å². The highest BCUT2D eigenvalue weighted by molar-refractivity contribution is 7.99. The van der Waals surface area contributed by atoms with Crippen LogP contribution in [-0.2, 0) is 0 Å². The molecule has 0 atom stereocenters. The van der Waals surface area contributed by atoms with Gasteiger partial charge < -0.3 is 25.5 Å². The minimum atomic E-state index is -0.235. The van der Waals surface area contributed by atoms with E-state index in [4.69, 9.17) is 38.4 Å². The lowest BCUT2D eigenvalue weighted by atomic mass is 10.1. The number of hydrogen-bond acceptors (Lipinski definition) is 9. The Bertz CT molecular complexity index is 2080. The second kappa shape index (κ2) is 18.3. The van der Waals surface area contributed by atoms with Crippen molar-refractivity contribution in [3.05, 3.63) is 140 Å². The first kappa shape index (κ1) is 36.6. The molecular formula is C36H34Cl2N6O4S. The van der Waals surface area contributed by atoms with Gasteiger partial charge in [-0.3, -0.25) is 14.6 Å². The Labute approximate surface area is 297 Å². The maximum absolute atomic E-state index is 11.9. The smallest absolute Gasteiger partial charge is 0.252 e. The number of aromatic nitrogens is 4. The number of hydrogen-bond donors (Lipinski definition) is 4. The molecule has 10 nitrogen and oxygen atoms in total. The van der Waals surface area contributed by atoms with Gasteiger partial charge in [0.1, 0.15) is 11.5 Å². The molecule has 49 heavy (non-hydrogen) atoms. The van der Waals surface area contributed by atoms with Crippen LogP contribution in [0, 0.1) is 0 Å². The number of anilines is 3. The molecule has 252 valence electrons. The summed E-state index contributed by atoms with van der Waals surface area (Å²) in [5, 5.41) is 4.73. The molecule has 0 fully saturated rings. The van der Waals surface area contributed by atoms with Crippen LogP contribution in [0.5, 0.6) is 11.5 Å². The molecule has 4 aromatic carbocycles. The van der Waals surface area contributed by atoms with Crippen LogP contribution >= 0.6 is 35.0 Å². The quantitative estimate of drug-likeness (QED) is 0.0693. The third-order valence-corrected chi connectivity index (χ3v) is 7.82. The van der Waals surface area contributed by atoms with Crippen molar-refractivity contribution in [2.75, 3.05) is 31.0 Å². The highest BCUT2D eigenvalue weighted by Gasteiger charge is 2.07. The van der Waals surface area contributed by atoms with E-state index < -0.39 is 0 Å². The zero-order chi connectivity index (χ0) is 35.2. The van der Waals surface area contributed by atoms with E-state index in [1.165, 1.54) is 23.9 Å². The van der Waals surface area contributed by atoms with Gasteiger partial charge in [-0.15, -0.1) is 0 Å². The van der Waals surface area contributed by atoms with Crippen LogP contribution in [-0.4, -0.2) is 39.9 Å². The molecule has 13 heteroatoms. The van der Waals surface area contributed by atoms with Crippen LogP contribution < -0.4 is 31.6 Å². The van der Waals surface area contributed by atoms with Crippen molar-refractivity contribution in [3.8, 4) is 34.0 Å². The van der Waals surface area contributed by atoms with Crippen LogP contribution in [0.2, 0.25) is 10.0 Å². The Morgan fingerprint density at radius 1 is 0.714 bits per heavy atom. The summed E-state index contributed by atoms with van der Waals surface area (Å²) < 4.78 is 10.0. The zero-order valence-corrected chi connectivity index (χ0v) is 29.2. The minimum Gasteiger partial charge on any atom is -0.495 e. The molecule has 0 saturated carbocycles. The van der Waals surface area contributed by atoms with Gasteiger partial charge in [0.2, 0.25) is 5.95 Å². The van der Waals surface area contributed by atoms with E-state index in [1.54, 1.807) is 50.6 Å². The first-order valence-electron chi connectivity index (χ1n) is 14.8. The number of nitrogens with one attached hydrogen (secondary N) is 3. The molecule has 5 N–H and O–H groups in total. The molecule has 6 rings (SSSR count). The maximum atomic E-state index is 11.9. The van der Waals surface area contributed by atoms with Gasteiger partial charge in [0.05, 0.1) is 35.7 Å². The van der Waals surface area contributed by atoms with Gasteiger partial charge in [-0.1, -0.05) is 103 Å². The molecule has 0 aliphatic heterocycles. The number of halogens is 2. The predicted octanol–water partition coefficient (Wildman–Crippen LogP) is 8.32. The molecule has 6 aromatic rings. The lowest BCUT2D eigenvalue weighted by Gasteiger charge is -2.09. The van der Waals surface area contributed by atoms with Gasteiger partial charge >= 0.3 is 0 Å². The van der Waals surface area contributed by atoms with E-state index in [1.807, 2.05) is 67.6 Å². The number of methoxy groups -OCH3 is 2. The number of benzene rings is 4. The van der Waals surface area contributed by atoms with E-state index in [0.29, 0.717) is 49.7 Å². The minimum absolute atomic E-state index is 0.107. The molecule has 0 aliphatic rings. The van der Waals surface area contributed by atoms with Crippen LogP contribution in [0.1, 0.15) is 6.92 Å². The number of thioether (sulfide) groups is 1. The van der Waals surface area contributed by atoms with Crippen molar-refractivity contribution in [2.45, 2.75) is 12.1 Å². The van der Waals surface area contributed by atoms with E-state index in [9.17, 15) is 9.59 Å². The van der Waals surface area contributed by atoms with E-state index in [2.05, 4.69) is 25.3 Å². The molecular weight excluding hydrogens is 683 g/mol. The number of ether oxygens (including phenoxy) is 2. The Hall–Kier alpha value is -5.23. The third-order valence-electron chi connectivity index (χ3n) is 6.47. The van der Waals surface area contributed by atoms with Crippen LogP contribution in [0.15, 0.2) is 124 Å². The molecule has 0 spiro atoms. The molecule has 2 heterocycles. The summed E-state index contributed by atoms with van der Waals surface area (Å²) in [4.78, 5) is 37.5. The third kappa shape index (κ3) is 11.2. The molecule has 0 amide bonds. The predicted molar refractivity (Wildman–Crippen MR) is 201 cm³/mol. The van der Waals surface area contributed by atoms with Gasteiger partial charge in [-0.05, 0) is 42.2 Å². The zero-order valence-electron chi connectivity index (χ0n) is 26.9. The van der Waals surface area contributed by atoms with Crippen LogP contribution in [0.3, 0.4) is 0 Å². The first-order chi connectivity index (χ1) is 23.7. The summed E-state index contributed by atoms with van der Waals surface area (Å²) in [5.41, 5.74) is 9.59. The van der Waals surface area contributed by atoms with Gasteiger partial charge in [-0.2, -0.15) is 0 Å². The second-order valence-electron chi connectivity index (χ2n) is 9.95. The van der Waals surface area contributed by atoms with Crippen molar-refractivity contribution >= 4 is 52.3 Å². The molecule has 0 unspecified atom stereocenters. The molecule has 0 saturated heterocycles. The molecule has 0 bridgehead atoms. The topological polar surface area (TPSA) is 148 Å². The Kier molecular flexibility index (Phi) is 13.7. The summed E-state index contributed by atoms with van der Waals surface area (Å²) in [7, 11) is 3.12. The maximum Gasteiger partial charge on any atom is 0.252 e. The van der Waals surface area contributed by atoms with E-state index >= 15 is 0 Å². The number of aromatic amines is 2. The average Bonchev–Trinajstić information content (AvgIpc) is 3.09. The van der Waals surface area contributed by atoms with Crippen LogP contribution in [0.4, 0.5) is 17.3 Å². The van der Waals surface area contributed by atoms with Crippen molar-refractivity contribution in [3.63, 3.8) is 0 Å². The van der Waals surface area contributed by atoms with Crippen molar-refractivity contribution < 1.29 is 9.47 Å². The summed E-state index contributed by atoms with van der Waals surface area (Å²) >= 11 is 13.4. The average molecular weight is 718 g/mol. The van der Waals surface area contributed by atoms with Gasteiger partial charge in [0.15, 0.2) is 5.16 Å². The summed E-state index contributed by atoms with van der Waals surface area (Å²) in [6.45, 7) is 2.03. The van der Waals surface area contributed by atoms with Crippen molar-refractivity contribution in [2.24, 2.45) is 0 Å². The molecule has 0 aliphatic carbocycles. The fraction of sp³-hybridized carbons (Fsp3) is 0.111. The number of nitrogen functional groups attached to an aromatic ring is 1. The normalized spacial score (nSPS) is 10.1. The van der Waals surface area contributed by atoms with E-state index in [0.717, 1.165) is 22.6 Å². The second-order valence-corrected chi connectivity index (χ2v) is 12.0. The highest BCUT2D eigenvalue weighted by Crippen LogP contribution is 2.28. The number of nitrogens with two attached hydrogens (primary N) is 1. The number of nitrogens with zero attached hydrogens (tertiary/aromatic N) is 2. The fourth-order valence-corrected chi connectivity index (χ4v) is 5.37. The van der Waals surface area contributed by atoms with Crippen LogP contribution in [0.25, 0.3) is 22.5 Å². The summed E-state index contributed by atoms with van der Waals surface area (Å²) in [6.07, 6.45) is 0. The SMILES string of the molecule is CCSc1nc(-c2ccccc2)cc(=O)[nH]1.COc1ccc(N)cc1Cl.COc1ccc(Nc2nc(-c3ccccc3)cc(=O)[nH]2)cc1Cl. The van der Waals surface area contributed by atoms with Gasteiger partial charge in [0.25, 0.3) is 11.1 Å². The van der Waals surface area contributed by atoms with Gasteiger partial charge in [-0.25, -0.2) is 9.97 Å². The lowest BCUT2D eigenvalue weighted by molar-refractivity contribution is 0.415. The first-order valence-corrected chi connectivity index (χ1v) is 16.6. The van der Waals surface area contributed by atoms with Crippen molar-refractivity contribution in [1.29, 1.82) is 0 Å². The molecule has 2 aromatic heterocycles. The van der Waals surface area contributed by atoms with Gasteiger partial charge in [0, 0.05) is 34.6 Å². The monoisotopic (exact) mass is 716 g/mol. The van der Waals surface area contributed by atoms with Crippen molar-refractivity contribution in [1.82, 2.24) is 19.9 Å². The number of rotatable bonds is 8. The summed E-state index contributed by atoms with van der Waals surface area (Å²) in [6, 6.07) is 32.6. The Morgan fingerprint density at radius 2 is 1.24 bits per heavy atom. The largest absolute Gasteiger partial charge is 0.495 e. The lowest BCUT2D eigenvalue weighted by Crippen LogP contribution is -2.10. The fourth-order valence-electron chi connectivity index (χ4n) is 4.23. The Balaban J connectivity index is 0.000000180. The number of H-pyrrole nitrogens is 2. The molecule has 0 radical (unpaired) electrons. The summed E-state index contributed by atoms with van der Waals surface area (Å²) in [5.74, 6) is 2.46.